The van der Waals surface area contributed by atoms with Crippen LogP contribution in [0, 0.1) is 12.8 Å². The number of hydrogen-bond donors (Lipinski definition) is 0. The minimum absolute atomic E-state index is 0.00374. The molecule has 0 unspecified atom stereocenters. The zero-order valence-corrected chi connectivity index (χ0v) is 11.7. The topological polar surface area (TPSA) is 50.3 Å². The Hall–Kier alpha value is -1.23. The lowest BCUT2D eigenvalue weighted by Gasteiger charge is -2.14. The number of hydrogen-bond acceptors (Lipinski definition) is 4. The molecule has 0 aliphatic rings. The number of anilines is 1. The van der Waals surface area contributed by atoms with Crippen molar-refractivity contribution in [1.82, 2.24) is 4.98 Å². The third kappa shape index (κ3) is 3.36. The lowest BCUT2D eigenvalue weighted by Crippen LogP contribution is -2.27. The molecule has 0 saturated carbocycles. The standard InChI is InChI=1S/C12H18N2O2S/c1-7(2)6-10(16)14(5)12-13-8(3)11(17-12)9(4)15/h7H,6H2,1-5H3. The van der Waals surface area contributed by atoms with E-state index >= 15 is 0 Å². The van der Waals surface area contributed by atoms with Crippen molar-refractivity contribution in [3.63, 3.8) is 0 Å². The number of aryl methyl sites for hydroxylation is 1. The summed E-state index contributed by atoms with van der Waals surface area (Å²) in [4.78, 5) is 29.6. The van der Waals surface area contributed by atoms with Crippen LogP contribution in [-0.2, 0) is 4.79 Å². The molecule has 0 saturated heterocycles. The van der Waals surface area contributed by atoms with Crippen LogP contribution >= 0.6 is 11.3 Å². The van der Waals surface area contributed by atoms with Gasteiger partial charge in [-0.1, -0.05) is 25.2 Å². The van der Waals surface area contributed by atoms with Crippen LogP contribution in [0.1, 0.15) is 42.6 Å². The van der Waals surface area contributed by atoms with Gasteiger partial charge in [0.05, 0.1) is 10.6 Å². The Balaban J connectivity index is 2.89. The Morgan fingerprint density at radius 3 is 2.41 bits per heavy atom. The minimum Gasteiger partial charge on any atom is -0.294 e. The minimum atomic E-state index is -0.00374. The van der Waals surface area contributed by atoms with Gasteiger partial charge in [0.25, 0.3) is 0 Å². The van der Waals surface area contributed by atoms with Gasteiger partial charge in [0.15, 0.2) is 10.9 Å². The van der Waals surface area contributed by atoms with Gasteiger partial charge >= 0.3 is 0 Å². The highest BCUT2D eigenvalue weighted by Gasteiger charge is 2.19. The van der Waals surface area contributed by atoms with Gasteiger partial charge in [0.2, 0.25) is 5.91 Å². The number of carbonyl (C=O) groups is 2. The van der Waals surface area contributed by atoms with Crippen LogP contribution in [0.4, 0.5) is 5.13 Å². The second-order valence-electron chi connectivity index (χ2n) is 4.52. The molecule has 5 heteroatoms. The zero-order valence-electron chi connectivity index (χ0n) is 10.9. The number of rotatable bonds is 4. The van der Waals surface area contributed by atoms with Crippen molar-refractivity contribution >= 4 is 28.2 Å². The average Bonchev–Trinajstić information content (AvgIpc) is 2.58. The monoisotopic (exact) mass is 254 g/mol. The second-order valence-corrected chi connectivity index (χ2v) is 5.50. The number of Topliss-reactive ketones (excluding diaryl/α,β-unsaturated/α-hetero) is 1. The van der Waals surface area contributed by atoms with Crippen molar-refractivity contribution < 1.29 is 9.59 Å². The van der Waals surface area contributed by atoms with E-state index in [9.17, 15) is 9.59 Å². The highest BCUT2D eigenvalue weighted by atomic mass is 32.1. The summed E-state index contributed by atoms with van der Waals surface area (Å²) in [6, 6.07) is 0. The van der Waals surface area contributed by atoms with Crippen LogP contribution in [0.15, 0.2) is 0 Å². The number of carbonyl (C=O) groups excluding carboxylic acids is 2. The van der Waals surface area contributed by atoms with Crippen LogP contribution in [0.3, 0.4) is 0 Å². The van der Waals surface area contributed by atoms with Gasteiger partial charge in [-0.3, -0.25) is 14.5 Å². The molecule has 0 bridgehead atoms. The molecule has 17 heavy (non-hydrogen) atoms. The van der Waals surface area contributed by atoms with Crippen molar-refractivity contribution in [2.75, 3.05) is 11.9 Å². The van der Waals surface area contributed by atoms with E-state index in [0.717, 1.165) is 0 Å². The van der Waals surface area contributed by atoms with Crippen LogP contribution < -0.4 is 4.90 Å². The molecule has 0 spiro atoms. The first-order chi connectivity index (χ1) is 7.82. The molecule has 1 aromatic rings. The van der Waals surface area contributed by atoms with Crippen molar-refractivity contribution in [3.05, 3.63) is 10.6 Å². The quantitative estimate of drug-likeness (QED) is 0.776. The average molecular weight is 254 g/mol. The molecule has 0 N–H and O–H groups in total. The third-order valence-electron chi connectivity index (χ3n) is 2.35. The maximum absolute atomic E-state index is 11.9. The van der Waals surface area contributed by atoms with Crippen molar-refractivity contribution in [2.45, 2.75) is 34.1 Å². The van der Waals surface area contributed by atoms with Crippen LogP contribution in [0.5, 0.6) is 0 Å². The molecule has 0 aliphatic carbocycles. The summed E-state index contributed by atoms with van der Waals surface area (Å²) in [5, 5.41) is 0.596. The first-order valence-corrected chi connectivity index (χ1v) is 6.39. The van der Waals surface area contributed by atoms with Crippen LogP contribution in [-0.4, -0.2) is 23.7 Å². The van der Waals surface area contributed by atoms with E-state index < -0.39 is 0 Å². The number of thiazole rings is 1. The lowest BCUT2D eigenvalue weighted by molar-refractivity contribution is -0.119. The molecule has 0 radical (unpaired) electrons. The van der Waals surface area contributed by atoms with Crippen molar-refractivity contribution in [2.24, 2.45) is 5.92 Å². The highest BCUT2D eigenvalue weighted by Crippen LogP contribution is 2.26. The molecule has 0 aromatic carbocycles. The molecule has 94 valence electrons. The van der Waals surface area contributed by atoms with Gasteiger partial charge in [-0.2, -0.15) is 0 Å². The van der Waals surface area contributed by atoms with E-state index in [2.05, 4.69) is 4.98 Å². The molecule has 0 aliphatic heterocycles. The molecule has 1 aromatic heterocycles. The first-order valence-electron chi connectivity index (χ1n) is 5.57. The molecule has 4 nitrogen and oxygen atoms in total. The molecule has 1 amide bonds. The van der Waals surface area contributed by atoms with Gasteiger partial charge in [0, 0.05) is 20.4 Å². The summed E-state index contributed by atoms with van der Waals surface area (Å²) in [5.41, 5.74) is 0.696. The number of aromatic nitrogens is 1. The maximum atomic E-state index is 11.9. The summed E-state index contributed by atoms with van der Waals surface area (Å²) < 4.78 is 0. The second kappa shape index (κ2) is 5.40. The molecule has 0 fully saturated rings. The number of ketones is 1. The predicted octanol–water partition coefficient (Wildman–Crippen LogP) is 2.66. The summed E-state index contributed by atoms with van der Waals surface area (Å²) in [7, 11) is 1.70. The molecular weight excluding hydrogens is 236 g/mol. The number of nitrogens with zero attached hydrogens (tertiary/aromatic N) is 2. The first kappa shape index (κ1) is 13.8. The van der Waals surface area contributed by atoms with Crippen molar-refractivity contribution in [3.8, 4) is 0 Å². The Morgan fingerprint density at radius 1 is 1.41 bits per heavy atom. The normalized spacial score (nSPS) is 10.7. The van der Waals surface area contributed by atoms with Crippen LogP contribution in [0.2, 0.25) is 0 Å². The largest absolute Gasteiger partial charge is 0.294 e. The van der Waals surface area contributed by atoms with Gasteiger partial charge in [-0.25, -0.2) is 4.98 Å². The zero-order chi connectivity index (χ0) is 13.2. The SMILES string of the molecule is CC(=O)c1sc(N(C)C(=O)CC(C)C)nc1C. The number of amides is 1. The van der Waals surface area contributed by atoms with E-state index in [4.69, 9.17) is 0 Å². The Kier molecular flexibility index (Phi) is 4.40. The lowest BCUT2D eigenvalue weighted by atomic mass is 10.1. The van der Waals surface area contributed by atoms with E-state index in [1.807, 2.05) is 13.8 Å². The van der Waals surface area contributed by atoms with E-state index in [1.54, 1.807) is 14.0 Å². The van der Waals surface area contributed by atoms with E-state index in [-0.39, 0.29) is 11.7 Å². The summed E-state index contributed by atoms with van der Waals surface area (Å²) >= 11 is 1.28. The highest BCUT2D eigenvalue weighted by molar-refractivity contribution is 7.17. The summed E-state index contributed by atoms with van der Waals surface area (Å²) in [6.45, 7) is 7.30. The maximum Gasteiger partial charge on any atom is 0.228 e. The third-order valence-corrected chi connectivity index (χ3v) is 3.68. The molecule has 1 rings (SSSR count). The fourth-order valence-electron chi connectivity index (χ4n) is 1.45. The Bertz CT molecular complexity index is 438. The Morgan fingerprint density at radius 2 is 2.00 bits per heavy atom. The van der Waals surface area contributed by atoms with E-state index in [0.29, 0.717) is 28.0 Å². The van der Waals surface area contributed by atoms with E-state index in [1.165, 1.54) is 23.2 Å². The summed E-state index contributed by atoms with van der Waals surface area (Å²) in [5.74, 6) is 0.345. The smallest absolute Gasteiger partial charge is 0.228 e. The Labute approximate surface area is 106 Å². The fraction of sp³-hybridized carbons (Fsp3) is 0.583. The van der Waals surface area contributed by atoms with Gasteiger partial charge in [-0.05, 0) is 12.8 Å². The molecular formula is C12H18N2O2S. The fourth-order valence-corrected chi connectivity index (χ4v) is 2.39. The molecule has 0 atom stereocenters. The van der Waals surface area contributed by atoms with Crippen LogP contribution in [0.25, 0.3) is 0 Å². The summed E-state index contributed by atoms with van der Waals surface area (Å²) in [6.07, 6.45) is 0.491. The van der Waals surface area contributed by atoms with Gasteiger partial charge in [0.1, 0.15) is 0 Å². The van der Waals surface area contributed by atoms with Gasteiger partial charge in [-0.15, -0.1) is 0 Å². The van der Waals surface area contributed by atoms with Gasteiger partial charge < -0.3 is 0 Å². The predicted molar refractivity (Wildman–Crippen MR) is 69.7 cm³/mol. The van der Waals surface area contributed by atoms with Crippen molar-refractivity contribution in [1.29, 1.82) is 0 Å². The molecule has 1 heterocycles.